The SMILES string of the molecule is CCOC(=O)c1csc(NC(=O)C(CC2CCCC2)c2ccc(S(=O)(=O)N3CCN(C)CC3)cc2)n1. The number of carbonyl (C=O) groups excluding carboxylic acids is 2. The molecule has 11 heteroatoms. The van der Waals surface area contributed by atoms with Crippen LogP contribution in [0.15, 0.2) is 34.5 Å². The Hall–Kier alpha value is -2.34. The Bertz CT molecular complexity index is 1150. The van der Waals surface area contributed by atoms with E-state index in [1.54, 1.807) is 36.6 Å². The van der Waals surface area contributed by atoms with Crippen molar-refractivity contribution in [1.82, 2.24) is 14.2 Å². The average molecular weight is 535 g/mol. The largest absolute Gasteiger partial charge is 0.461 e. The molecular weight excluding hydrogens is 500 g/mol. The van der Waals surface area contributed by atoms with Crippen LogP contribution in [0.5, 0.6) is 0 Å². The number of ether oxygens (including phenoxy) is 1. The quantitative estimate of drug-likeness (QED) is 0.490. The number of piperazine rings is 1. The van der Waals surface area contributed by atoms with E-state index in [9.17, 15) is 18.0 Å². The van der Waals surface area contributed by atoms with Gasteiger partial charge in [0.1, 0.15) is 0 Å². The third kappa shape index (κ3) is 6.31. The number of nitrogens with zero attached hydrogens (tertiary/aromatic N) is 3. The molecule has 4 rings (SSSR count). The Morgan fingerprint density at radius 3 is 2.44 bits per heavy atom. The second kappa shape index (κ2) is 11.8. The zero-order chi connectivity index (χ0) is 25.7. The van der Waals surface area contributed by atoms with Crippen molar-refractivity contribution in [3.8, 4) is 0 Å². The highest BCUT2D eigenvalue weighted by molar-refractivity contribution is 7.89. The van der Waals surface area contributed by atoms with Crippen molar-refractivity contribution >= 4 is 38.4 Å². The molecule has 1 atom stereocenters. The summed E-state index contributed by atoms with van der Waals surface area (Å²) >= 11 is 1.18. The monoisotopic (exact) mass is 534 g/mol. The molecule has 0 radical (unpaired) electrons. The number of rotatable bonds is 9. The second-order valence-electron chi connectivity index (χ2n) is 9.46. The van der Waals surface area contributed by atoms with E-state index < -0.39 is 21.9 Å². The molecule has 0 spiro atoms. The van der Waals surface area contributed by atoms with Gasteiger partial charge in [-0.1, -0.05) is 37.8 Å². The molecule has 2 fully saturated rings. The van der Waals surface area contributed by atoms with Gasteiger partial charge >= 0.3 is 5.97 Å². The Kier molecular flexibility index (Phi) is 8.76. The summed E-state index contributed by atoms with van der Waals surface area (Å²) in [7, 11) is -1.59. The van der Waals surface area contributed by atoms with E-state index in [0.29, 0.717) is 43.6 Å². The van der Waals surface area contributed by atoms with Crippen molar-refractivity contribution < 1.29 is 22.7 Å². The van der Waals surface area contributed by atoms with E-state index in [1.807, 2.05) is 7.05 Å². The molecule has 2 aromatic rings. The molecule has 1 amide bonds. The standard InChI is InChI=1S/C25H34N4O5S2/c1-3-34-24(31)22-17-35-25(26-22)27-23(30)21(16-18-6-4-5-7-18)19-8-10-20(11-9-19)36(32,33)29-14-12-28(2)13-15-29/h8-11,17-18,21H,3-7,12-16H2,1-2H3,(H,26,27,30). The minimum atomic E-state index is -3.58. The first-order valence-electron chi connectivity index (χ1n) is 12.5. The lowest BCUT2D eigenvalue weighted by Crippen LogP contribution is -2.47. The molecule has 1 unspecified atom stereocenters. The fourth-order valence-electron chi connectivity index (χ4n) is 4.85. The summed E-state index contributed by atoms with van der Waals surface area (Å²) < 4.78 is 32.7. The van der Waals surface area contributed by atoms with Crippen LogP contribution in [0.3, 0.4) is 0 Å². The topological polar surface area (TPSA) is 109 Å². The van der Waals surface area contributed by atoms with Crippen LogP contribution in [-0.4, -0.2) is 74.3 Å². The van der Waals surface area contributed by atoms with Gasteiger partial charge in [0.2, 0.25) is 15.9 Å². The van der Waals surface area contributed by atoms with Gasteiger partial charge in [-0.15, -0.1) is 11.3 Å². The predicted molar refractivity (Wildman–Crippen MR) is 139 cm³/mol. The predicted octanol–water partition coefficient (Wildman–Crippen LogP) is 3.56. The van der Waals surface area contributed by atoms with E-state index in [0.717, 1.165) is 31.2 Å². The lowest BCUT2D eigenvalue weighted by atomic mass is 9.87. The van der Waals surface area contributed by atoms with Crippen LogP contribution >= 0.6 is 11.3 Å². The van der Waals surface area contributed by atoms with Crippen molar-refractivity contribution in [3.63, 3.8) is 0 Å². The van der Waals surface area contributed by atoms with Gasteiger partial charge < -0.3 is 15.0 Å². The van der Waals surface area contributed by atoms with Gasteiger partial charge in [-0.25, -0.2) is 18.2 Å². The van der Waals surface area contributed by atoms with Crippen molar-refractivity contribution in [2.45, 2.75) is 49.8 Å². The van der Waals surface area contributed by atoms with Gasteiger partial charge in [-0.3, -0.25) is 4.79 Å². The number of benzene rings is 1. The van der Waals surface area contributed by atoms with Gasteiger partial charge in [0, 0.05) is 31.6 Å². The van der Waals surface area contributed by atoms with Crippen molar-refractivity contribution in [2.24, 2.45) is 5.92 Å². The first kappa shape index (κ1) is 26.7. The number of hydrogen-bond acceptors (Lipinski definition) is 8. The Morgan fingerprint density at radius 2 is 1.81 bits per heavy atom. The number of nitrogens with one attached hydrogen (secondary N) is 1. The molecule has 2 heterocycles. The molecule has 1 aliphatic heterocycles. The molecule has 1 saturated carbocycles. The summed E-state index contributed by atoms with van der Waals surface area (Å²) in [5.41, 5.74) is 0.946. The summed E-state index contributed by atoms with van der Waals surface area (Å²) in [5.74, 6) is -0.723. The summed E-state index contributed by atoms with van der Waals surface area (Å²) in [6, 6.07) is 6.74. The van der Waals surface area contributed by atoms with Gasteiger partial charge in [0.25, 0.3) is 0 Å². The third-order valence-corrected chi connectivity index (χ3v) is 9.63. The molecule has 1 aliphatic carbocycles. The minimum absolute atomic E-state index is 0.169. The number of thiazole rings is 1. The van der Waals surface area contributed by atoms with E-state index in [-0.39, 0.29) is 23.1 Å². The fourth-order valence-corrected chi connectivity index (χ4v) is 6.95. The van der Waals surface area contributed by atoms with Crippen LogP contribution in [0.25, 0.3) is 0 Å². The van der Waals surface area contributed by atoms with Crippen LogP contribution in [0.4, 0.5) is 5.13 Å². The normalized spacial score (nSPS) is 18.7. The summed E-state index contributed by atoms with van der Waals surface area (Å²) in [5, 5.41) is 4.77. The highest BCUT2D eigenvalue weighted by Gasteiger charge is 2.30. The van der Waals surface area contributed by atoms with E-state index in [4.69, 9.17) is 4.74 Å². The molecule has 196 valence electrons. The molecule has 2 aliphatic rings. The third-order valence-electron chi connectivity index (χ3n) is 6.96. The number of aromatic nitrogens is 1. The number of hydrogen-bond donors (Lipinski definition) is 1. The first-order valence-corrected chi connectivity index (χ1v) is 14.8. The van der Waals surface area contributed by atoms with Gasteiger partial charge in [-0.2, -0.15) is 4.31 Å². The summed E-state index contributed by atoms with van der Waals surface area (Å²) in [4.78, 5) is 31.9. The minimum Gasteiger partial charge on any atom is -0.461 e. The highest BCUT2D eigenvalue weighted by atomic mass is 32.2. The molecule has 1 N–H and O–H groups in total. The zero-order valence-electron chi connectivity index (χ0n) is 20.8. The molecule has 9 nitrogen and oxygen atoms in total. The number of likely N-dealkylation sites (N-methyl/N-ethyl adjacent to an activating group) is 1. The lowest BCUT2D eigenvalue weighted by molar-refractivity contribution is -0.118. The first-order chi connectivity index (χ1) is 17.3. The molecule has 1 aromatic heterocycles. The Labute approximate surface area is 216 Å². The maximum Gasteiger partial charge on any atom is 0.357 e. The van der Waals surface area contributed by atoms with E-state index in [2.05, 4.69) is 15.2 Å². The number of amides is 1. The lowest BCUT2D eigenvalue weighted by Gasteiger charge is -2.31. The van der Waals surface area contributed by atoms with Crippen LogP contribution in [0, 0.1) is 5.92 Å². The van der Waals surface area contributed by atoms with Gasteiger partial charge in [-0.05, 0) is 44.0 Å². The van der Waals surface area contributed by atoms with Crippen LogP contribution in [-0.2, 0) is 19.6 Å². The Morgan fingerprint density at radius 1 is 1.14 bits per heavy atom. The van der Waals surface area contributed by atoms with Crippen LogP contribution in [0.2, 0.25) is 0 Å². The Balaban J connectivity index is 1.51. The maximum absolute atomic E-state index is 13.4. The van der Waals surface area contributed by atoms with Crippen molar-refractivity contribution in [3.05, 3.63) is 40.9 Å². The molecule has 1 saturated heterocycles. The summed E-state index contributed by atoms with van der Waals surface area (Å²) in [6.45, 7) is 4.32. The molecule has 36 heavy (non-hydrogen) atoms. The van der Waals surface area contributed by atoms with Crippen LogP contribution in [0.1, 0.15) is 61.0 Å². The summed E-state index contributed by atoms with van der Waals surface area (Å²) in [6.07, 6.45) is 5.19. The number of esters is 1. The van der Waals surface area contributed by atoms with E-state index >= 15 is 0 Å². The maximum atomic E-state index is 13.4. The van der Waals surface area contributed by atoms with Crippen molar-refractivity contribution in [1.29, 1.82) is 0 Å². The van der Waals surface area contributed by atoms with E-state index in [1.165, 1.54) is 15.6 Å². The zero-order valence-corrected chi connectivity index (χ0v) is 22.4. The number of anilines is 1. The van der Waals surface area contributed by atoms with Crippen LogP contribution < -0.4 is 5.32 Å². The molecule has 1 aromatic carbocycles. The smallest absolute Gasteiger partial charge is 0.357 e. The molecule has 0 bridgehead atoms. The number of carbonyl (C=O) groups is 2. The highest BCUT2D eigenvalue weighted by Crippen LogP contribution is 2.35. The molecular formula is C25H34N4O5S2. The fraction of sp³-hybridized carbons (Fsp3) is 0.560. The van der Waals surface area contributed by atoms with Gasteiger partial charge in [0.15, 0.2) is 10.8 Å². The average Bonchev–Trinajstić information content (AvgIpc) is 3.55. The van der Waals surface area contributed by atoms with Crippen molar-refractivity contribution in [2.75, 3.05) is 45.2 Å². The number of sulfonamides is 1. The second-order valence-corrected chi connectivity index (χ2v) is 12.3. The van der Waals surface area contributed by atoms with Gasteiger partial charge in [0.05, 0.1) is 17.4 Å².